The van der Waals surface area contributed by atoms with E-state index in [0.717, 1.165) is 32.7 Å². The molecule has 8 heteroatoms. The summed E-state index contributed by atoms with van der Waals surface area (Å²) in [5.41, 5.74) is 3.31. The van der Waals surface area contributed by atoms with Gasteiger partial charge in [0.2, 0.25) is 0 Å². The van der Waals surface area contributed by atoms with Crippen molar-refractivity contribution < 1.29 is 9.72 Å². The van der Waals surface area contributed by atoms with Crippen LogP contribution in [0.3, 0.4) is 0 Å². The van der Waals surface area contributed by atoms with Crippen LogP contribution < -0.4 is 4.80 Å². The van der Waals surface area contributed by atoms with Crippen molar-refractivity contribution in [2.75, 3.05) is 0 Å². The monoisotopic (exact) mass is 347 g/mol. The number of carbonyl (C=O) groups excluding carboxylic acids is 1. The zero-order valence-electron chi connectivity index (χ0n) is 12.7. The lowest BCUT2D eigenvalue weighted by molar-refractivity contribution is -0.380. The van der Waals surface area contributed by atoms with Crippen LogP contribution in [0.15, 0.2) is 29.3 Å². The number of amides is 1. The number of thiophene rings is 1. The normalized spacial score (nSPS) is 12.0. The largest absolute Gasteiger partial charge is 0.324 e. The molecule has 0 atom stereocenters. The van der Waals surface area contributed by atoms with Crippen LogP contribution >= 0.6 is 22.7 Å². The van der Waals surface area contributed by atoms with Crippen LogP contribution in [0.2, 0.25) is 0 Å². The summed E-state index contributed by atoms with van der Waals surface area (Å²) >= 11 is 2.28. The van der Waals surface area contributed by atoms with Gasteiger partial charge in [-0.2, -0.15) is 4.99 Å². The summed E-state index contributed by atoms with van der Waals surface area (Å²) in [6.07, 6.45) is 0. The lowest BCUT2D eigenvalue weighted by Crippen LogP contribution is -2.12. The Balaban J connectivity index is 2.10. The predicted octanol–water partition coefficient (Wildman–Crippen LogP) is 3.57. The fourth-order valence-corrected chi connectivity index (χ4v) is 4.13. The highest BCUT2D eigenvalue weighted by atomic mass is 32.1. The van der Waals surface area contributed by atoms with Crippen molar-refractivity contribution in [3.8, 4) is 0 Å². The van der Waals surface area contributed by atoms with Gasteiger partial charge in [-0.15, -0.1) is 0 Å². The molecule has 0 radical (unpaired) electrons. The van der Waals surface area contributed by atoms with E-state index in [1.165, 1.54) is 23.5 Å². The third-order valence-electron chi connectivity index (χ3n) is 3.42. The number of fused-ring (bicyclic) bond motifs is 1. The third kappa shape index (κ3) is 2.82. The molecule has 0 aliphatic carbocycles. The Morgan fingerprint density at radius 1 is 1.26 bits per heavy atom. The van der Waals surface area contributed by atoms with E-state index in [4.69, 9.17) is 0 Å². The number of nitrogens with zero attached hydrogens (tertiary/aromatic N) is 3. The van der Waals surface area contributed by atoms with Gasteiger partial charge in [0.15, 0.2) is 4.80 Å². The molecule has 0 N–H and O–H groups in total. The molecule has 0 bridgehead atoms. The molecule has 0 saturated heterocycles. The summed E-state index contributed by atoms with van der Waals surface area (Å²) in [6.45, 7) is 4.05. The van der Waals surface area contributed by atoms with Crippen molar-refractivity contribution in [3.63, 3.8) is 0 Å². The van der Waals surface area contributed by atoms with Crippen LogP contribution in [0.1, 0.15) is 20.8 Å². The van der Waals surface area contributed by atoms with Gasteiger partial charge in [-0.1, -0.05) is 28.7 Å². The second kappa shape index (κ2) is 5.71. The molecule has 23 heavy (non-hydrogen) atoms. The molecule has 0 spiro atoms. The molecule has 6 nitrogen and oxygen atoms in total. The van der Waals surface area contributed by atoms with E-state index < -0.39 is 10.8 Å². The van der Waals surface area contributed by atoms with E-state index in [2.05, 4.69) is 17.1 Å². The van der Waals surface area contributed by atoms with Gasteiger partial charge in [0, 0.05) is 13.1 Å². The summed E-state index contributed by atoms with van der Waals surface area (Å²) in [4.78, 5) is 27.4. The Labute approximate surface area is 139 Å². The SMILES string of the molecule is Cc1cc(C)c2sc(=NC(=O)c3ccc([N+](=O)[O-])s3)n(C)c2c1. The van der Waals surface area contributed by atoms with Crippen LogP contribution in [-0.2, 0) is 7.05 Å². The second-order valence-corrected chi connectivity index (χ2v) is 7.23. The summed E-state index contributed by atoms with van der Waals surface area (Å²) < 4.78 is 2.96. The molecule has 118 valence electrons. The molecule has 0 saturated carbocycles. The first-order valence-corrected chi connectivity index (χ1v) is 8.40. The van der Waals surface area contributed by atoms with Crippen LogP contribution in [0.4, 0.5) is 5.00 Å². The molecular formula is C15H13N3O3S2. The molecule has 2 heterocycles. The molecule has 1 aromatic carbocycles. The fourth-order valence-electron chi connectivity index (χ4n) is 2.36. The zero-order chi connectivity index (χ0) is 16.7. The number of hydrogen-bond acceptors (Lipinski definition) is 5. The van der Waals surface area contributed by atoms with Gasteiger partial charge in [0.25, 0.3) is 5.91 Å². The van der Waals surface area contributed by atoms with E-state index in [1.54, 1.807) is 0 Å². The van der Waals surface area contributed by atoms with Gasteiger partial charge in [0.05, 0.1) is 15.1 Å². The van der Waals surface area contributed by atoms with E-state index in [1.807, 2.05) is 25.5 Å². The molecule has 0 fully saturated rings. The molecule has 1 amide bonds. The first-order chi connectivity index (χ1) is 10.9. The number of nitro groups is 1. The Morgan fingerprint density at radius 2 is 2.00 bits per heavy atom. The van der Waals surface area contributed by atoms with Crippen molar-refractivity contribution in [2.24, 2.45) is 12.0 Å². The van der Waals surface area contributed by atoms with Crippen LogP contribution in [0.5, 0.6) is 0 Å². The highest BCUT2D eigenvalue weighted by Crippen LogP contribution is 2.25. The van der Waals surface area contributed by atoms with Crippen molar-refractivity contribution in [1.29, 1.82) is 0 Å². The third-order valence-corrected chi connectivity index (χ3v) is 5.73. The second-order valence-electron chi connectivity index (χ2n) is 5.19. The van der Waals surface area contributed by atoms with Crippen molar-refractivity contribution in [3.05, 3.63) is 55.2 Å². The van der Waals surface area contributed by atoms with E-state index in [-0.39, 0.29) is 9.88 Å². The Morgan fingerprint density at radius 3 is 2.65 bits per heavy atom. The fraction of sp³-hybridized carbons (Fsp3) is 0.200. The topological polar surface area (TPSA) is 77.5 Å². The van der Waals surface area contributed by atoms with Crippen molar-refractivity contribution in [2.45, 2.75) is 13.8 Å². The zero-order valence-corrected chi connectivity index (χ0v) is 14.3. The number of carbonyl (C=O) groups is 1. The molecule has 0 aliphatic rings. The number of aromatic nitrogens is 1. The standard InChI is InChI=1S/C15H13N3O3S2/c1-8-6-9(2)13-10(7-8)17(3)15(23-13)16-14(19)11-4-5-12(22-11)18(20)21/h4-7H,1-3H3. The summed E-state index contributed by atoms with van der Waals surface area (Å²) in [6, 6.07) is 6.91. The Hall–Kier alpha value is -2.32. The maximum atomic E-state index is 12.2. The highest BCUT2D eigenvalue weighted by Gasteiger charge is 2.15. The molecular weight excluding hydrogens is 334 g/mol. The minimum atomic E-state index is -0.507. The summed E-state index contributed by atoms with van der Waals surface area (Å²) in [5.74, 6) is -0.459. The number of aryl methyl sites for hydroxylation is 3. The van der Waals surface area contributed by atoms with Gasteiger partial charge < -0.3 is 4.57 Å². The van der Waals surface area contributed by atoms with Crippen molar-refractivity contribution >= 4 is 43.8 Å². The maximum Gasteiger partial charge on any atom is 0.324 e. The Bertz CT molecular complexity index is 1010. The van der Waals surface area contributed by atoms with Crippen LogP contribution in [0.25, 0.3) is 10.2 Å². The molecule has 0 aliphatic heterocycles. The van der Waals surface area contributed by atoms with Gasteiger partial charge in [0.1, 0.15) is 4.88 Å². The average Bonchev–Trinajstić information content (AvgIpc) is 3.07. The van der Waals surface area contributed by atoms with Crippen LogP contribution in [-0.4, -0.2) is 15.4 Å². The van der Waals surface area contributed by atoms with Gasteiger partial charge in [-0.05, 0) is 37.1 Å². The quantitative estimate of drug-likeness (QED) is 0.525. The van der Waals surface area contributed by atoms with Gasteiger partial charge in [-0.3, -0.25) is 14.9 Å². The van der Waals surface area contributed by atoms with Gasteiger partial charge >= 0.3 is 5.00 Å². The van der Waals surface area contributed by atoms with Gasteiger partial charge in [-0.25, -0.2) is 0 Å². The molecule has 2 aromatic heterocycles. The summed E-state index contributed by atoms with van der Waals surface area (Å²) in [5, 5.41) is 10.6. The average molecular weight is 347 g/mol. The van der Waals surface area contributed by atoms with Crippen molar-refractivity contribution in [1.82, 2.24) is 4.57 Å². The van der Waals surface area contributed by atoms with E-state index in [0.29, 0.717) is 4.80 Å². The minimum Gasteiger partial charge on any atom is -0.319 e. The number of benzene rings is 1. The predicted molar refractivity (Wildman–Crippen MR) is 91.1 cm³/mol. The Kier molecular flexibility index (Phi) is 3.87. The maximum absolute atomic E-state index is 12.2. The molecule has 3 rings (SSSR count). The van der Waals surface area contributed by atoms with Crippen LogP contribution in [0, 0.1) is 24.0 Å². The minimum absolute atomic E-state index is 0.0595. The first kappa shape index (κ1) is 15.6. The first-order valence-electron chi connectivity index (χ1n) is 6.77. The lowest BCUT2D eigenvalue weighted by Gasteiger charge is -2.00. The molecule has 0 unspecified atom stereocenters. The molecule has 3 aromatic rings. The van der Waals surface area contributed by atoms with E-state index >= 15 is 0 Å². The smallest absolute Gasteiger partial charge is 0.319 e. The summed E-state index contributed by atoms with van der Waals surface area (Å²) in [7, 11) is 1.86. The number of hydrogen-bond donors (Lipinski definition) is 0. The highest BCUT2D eigenvalue weighted by molar-refractivity contribution is 7.17. The lowest BCUT2D eigenvalue weighted by atomic mass is 10.1. The van der Waals surface area contributed by atoms with E-state index in [9.17, 15) is 14.9 Å². The number of rotatable bonds is 2. The number of thiazole rings is 1.